The summed E-state index contributed by atoms with van der Waals surface area (Å²) in [6.45, 7) is 0.424. The van der Waals surface area contributed by atoms with Crippen molar-refractivity contribution in [1.82, 2.24) is 9.97 Å². The van der Waals surface area contributed by atoms with Gasteiger partial charge in [0.15, 0.2) is 0 Å². The van der Waals surface area contributed by atoms with Crippen molar-refractivity contribution in [2.24, 2.45) is 0 Å². The van der Waals surface area contributed by atoms with Gasteiger partial charge in [0.2, 0.25) is 0 Å². The third-order valence-electron chi connectivity index (χ3n) is 3.45. The number of ether oxygens (including phenoxy) is 1. The zero-order valence-electron chi connectivity index (χ0n) is 14.3. The molecular weight excluding hydrogens is 465 g/mol. The Morgan fingerprint density at radius 2 is 1.72 bits per heavy atom. The number of aryl methyl sites for hydroxylation is 1. The van der Waals surface area contributed by atoms with Gasteiger partial charge in [0.1, 0.15) is 30.1 Å². The highest BCUT2D eigenvalue weighted by atomic mass is 31.3. The van der Waals surface area contributed by atoms with E-state index in [4.69, 9.17) is 19.4 Å². The molecule has 29 heavy (non-hydrogen) atoms. The van der Waals surface area contributed by atoms with Crippen molar-refractivity contribution in [2.75, 3.05) is 6.61 Å². The van der Waals surface area contributed by atoms with Gasteiger partial charge < -0.3 is 39.5 Å². The lowest BCUT2D eigenvalue weighted by Crippen LogP contribution is -2.33. The Hall–Kier alpha value is -0.830. The largest absolute Gasteiger partial charge is 0.490 e. The van der Waals surface area contributed by atoms with Crippen LogP contribution in [-0.2, 0) is 31.6 Å². The summed E-state index contributed by atoms with van der Waals surface area (Å²) in [6, 6.07) is 0. The molecule has 0 saturated carbocycles. The van der Waals surface area contributed by atoms with Crippen LogP contribution >= 0.6 is 23.5 Å². The molecule has 0 radical (unpaired) electrons. The van der Waals surface area contributed by atoms with Crippen molar-refractivity contribution in [2.45, 2.75) is 31.3 Å². The Bertz CT molecular complexity index is 944. The van der Waals surface area contributed by atoms with Gasteiger partial charge in [-0.25, -0.2) is 18.7 Å². The molecule has 0 bridgehead atoms. The SMILES string of the molecule is Cc1nc([C@@H]2O[C@H](COP(=O)(O)OP(=O)(O)OP(=O)(O)O)C(O)[C@@H]2O)c[nH]c1=O. The molecule has 19 heteroatoms. The van der Waals surface area contributed by atoms with Crippen LogP contribution in [0.25, 0.3) is 0 Å². The van der Waals surface area contributed by atoms with Crippen molar-refractivity contribution in [3.63, 3.8) is 0 Å². The summed E-state index contributed by atoms with van der Waals surface area (Å²) in [7, 11) is -16.7. The number of hydrogen-bond acceptors (Lipinski definition) is 11. The van der Waals surface area contributed by atoms with Gasteiger partial charge in [-0.3, -0.25) is 9.32 Å². The van der Waals surface area contributed by atoms with E-state index in [9.17, 15) is 33.6 Å². The Kier molecular flexibility index (Phi) is 7.36. The van der Waals surface area contributed by atoms with Crippen molar-refractivity contribution >= 4 is 23.5 Å². The fourth-order valence-corrected chi connectivity index (χ4v) is 5.30. The Balaban J connectivity index is 2.03. The van der Waals surface area contributed by atoms with E-state index in [0.29, 0.717) is 0 Å². The first-order valence-corrected chi connectivity index (χ1v) is 12.0. The number of rotatable bonds is 8. The molecule has 16 nitrogen and oxygen atoms in total. The van der Waals surface area contributed by atoms with E-state index in [2.05, 4.69) is 23.1 Å². The van der Waals surface area contributed by atoms with Gasteiger partial charge >= 0.3 is 23.5 Å². The van der Waals surface area contributed by atoms with Crippen molar-refractivity contribution < 1.29 is 61.4 Å². The second-order valence-corrected chi connectivity index (χ2v) is 10.1. The molecule has 0 aliphatic carbocycles. The number of phosphoric ester groups is 1. The number of aliphatic hydroxyl groups is 2. The maximum atomic E-state index is 11.7. The summed E-state index contributed by atoms with van der Waals surface area (Å²) in [5.41, 5.74) is -0.412. The van der Waals surface area contributed by atoms with Gasteiger partial charge in [-0.05, 0) is 6.92 Å². The molecule has 0 amide bonds. The Labute approximate surface area is 161 Å². The molecule has 1 aromatic heterocycles. The Morgan fingerprint density at radius 3 is 2.28 bits per heavy atom. The quantitative estimate of drug-likeness (QED) is 0.210. The van der Waals surface area contributed by atoms with Crippen LogP contribution in [0.3, 0.4) is 0 Å². The molecule has 6 atom stereocenters. The lowest BCUT2D eigenvalue weighted by atomic mass is 10.1. The summed E-state index contributed by atoms with van der Waals surface area (Å²) < 4.78 is 50.2. The van der Waals surface area contributed by atoms with E-state index < -0.39 is 60.1 Å². The second-order valence-electron chi connectivity index (χ2n) is 5.70. The molecule has 0 aromatic carbocycles. The standard InChI is InChI=1S/C10H17N2O14P3/c1-4-10(15)11-2-5(12-4)9-8(14)7(13)6(24-9)3-23-28(19,20)26-29(21,22)25-27(16,17)18/h2,6-9,13-14H,3H2,1H3,(H,11,15)(H,19,20)(H,21,22)(H2,16,17,18)/t6-,7?,8+,9+/m1/s1. The third kappa shape index (κ3) is 6.84. The number of nitrogens with one attached hydrogen (secondary N) is 1. The van der Waals surface area contributed by atoms with Gasteiger partial charge in [-0.2, -0.15) is 8.62 Å². The molecule has 2 rings (SSSR count). The molecule has 1 aliphatic heterocycles. The summed E-state index contributed by atoms with van der Waals surface area (Å²) in [6.07, 6.45) is -4.83. The third-order valence-corrected chi connectivity index (χ3v) is 7.25. The van der Waals surface area contributed by atoms with Crippen LogP contribution in [0, 0.1) is 6.92 Å². The molecule has 166 valence electrons. The zero-order valence-corrected chi connectivity index (χ0v) is 17.0. The molecular formula is C10H17N2O14P3. The molecule has 3 unspecified atom stereocenters. The molecule has 2 heterocycles. The number of aromatic nitrogens is 2. The van der Waals surface area contributed by atoms with Crippen LogP contribution in [-0.4, -0.2) is 64.7 Å². The normalized spacial score (nSPS) is 29.3. The van der Waals surface area contributed by atoms with E-state index in [1.165, 1.54) is 6.92 Å². The van der Waals surface area contributed by atoms with Crippen molar-refractivity contribution in [1.29, 1.82) is 0 Å². The fourth-order valence-electron chi connectivity index (χ4n) is 2.27. The Morgan fingerprint density at radius 1 is 1.10 bits per heavy atom. The first-order chi connectivity index (χ1) is 13.1. The first kappa shape index (κ1) is 24.4. The molecule has 0 spiro atoms. The van der Waals surface area contributed by atoms with Gasteiger partial charge in [-0.15, -0.1) is 0 Å². The zero-order chi connectivity index (χ0) is 22.2. The number of hydrogen-bond donors (Lipinski definition) is 7. The van der Waals surface area contributed by atoms with Crippen LogP contribution < -0.4 is 5.56 Å². The topological polar surface area (TPSA) is 255 Å². The molecule has 1 aliphatic rings. The van der Waals surface area contributed by atoms with Gasteiger partial charge in [0.25, 0.3) is 5.56 Å². The van der Waals surface area contributed by atoms with Crippen LogP contribution in [0.5, 0.6) is 0 Å². The second kappa shape index (κ2) is 8.73. The molecule has 1 fully saturated rings. The lowest BCUT2D eigenvalue weighted by Gasteiger charge is -2.19. The highest BCUT2D eigenvalue weighted by molar-refractivity contribution is 7.66. The fraction of sp³-hybridized carbons (Fsp3) is 0.600. The van der Waals surface area contributed by atoms with E-state index >= 15 is 0 Å². The number of aliphatic hydroxyl groups excluding tert-OH is 2. The first-order valence-electron chi connectivity index (χ1n) is 7.46. The number of H-pyrrole nitrogens is 1. The average Bonchev–Trinajstić information content (AvgIpc) is 2.80. The summed E-state index contributed by atoms with van der Waals surface area (Å²) in [5.74, 6) is 0. The van der Waals surface area contributed by atoms with Gasteiger partial charge in [0, 0.05) is 6.20 Å². The van der Waals surface area contributed by atoms with E-state index in [0.717, 1.165) is 6.20 Å². The maximum Gasteiger partial charge on any atom is 0.490 e. The minimum Gasteiger partial charge on any atom is -0.387 e. The molecule has 1 aromatic rings. The minimum absolute atomic E-state index is 0.0366. The van der Waals surface area contributed by atoms with E-state index in [-0.39, 0.29) is 11.4 Å². The number of phosphoric acid groups is 3. The minimum atomic E-state index is -5.69. The maximum absolute atomic E-state index is 11.7. The molecule has 1 saturated heterocycles. The molecule has 7 N–H and O–H groups in total. The summed E-state index contributed by atoms with van der Waals surface area (Å²) in [5, 5.41) is 20.1. The summed E-state index contributed by atoms with van der Waals surface area (Å²) in [4.78, 5) is 52.9. The predicted molar refractivity (Wildman–Crippen MR) is 89.0 cm³/mol. The predicted octanol–water partition coefficient (Wildman–Crippen LogP) is -1.42. The average molecular weight is 482 g/mol. The number of aromatic amines is 1. The monoisotopic (exact) mass is 482 g/mol. The summed E-state index contributed by atoms with van der Waals surface area (Å²) >= 11 is 0. The van der Waals surface area contributed by atoms with Crippen LogP contribution in [0.15, 0.2) is 11.0 Å². The van der Waals surface area contributed by atoms with E-state index in [1.807, 2.05) is 0 Å². The van der Waals surface area contributed by atoms with Crippen molar-refractivity contribution in [3.05, 3.63) is 27.9 Å². The van der Waals surface area contributed by atoms with Gasteiger partial charge in [-0.1, -0.05) is 0 Å². The van der Waals surface area contributed by atoms with Gasteiger partial charge in [0.05, 0.1) is 12.3 Å². The highest BCUT2D eigenvalue weighted by Gasteiger charge is 2.46. The van der Waals surface area contributed by atoms with Crippen LogP contribution in [0.4, 0.5) is 0 Å². The highest BCUT2D eigenvalue weighted by Crippen LogP contribution is 2.66. The van der Waals surface area contributed by atoms with Crippen LogP contribution in [0.1, 0.15) is 17.5 Å². The lowest BCUT2D eigenvalue weighted by molar-refractivity contribution is -0.0235. The van der Waals surface area contributed by atoms with Crippen LogP contribution in [0.2, 0.25) is 0 Å². The van der Waals surface area contributed by atoms with Crippen molar-refractivity contribution in [3.8, 4) is 0 Å². The van der Waals surface area contributed by atoms with E-state index in [1.54, 1.807) is 0 Å². The number of nitrogens with zero attached hydrogens (tertiary/aromatic N) is 1. The smallest absolute Gasteiger partial charge is 0.387 e.